The fraction of sp³-hybridized carbons (Fsp3) is 0.261. The molecular weight excluding hydrogens is 382 g/mol. The van der Waals surface area contributed by atoms with Gasteiger partial charge < -0.3 is 14.8 Å². The van der Waals surface area contributed by atoms with Gasteiger partial charge in [0, 0.05) is 5.56 Å². The van der Waals surface area contributed by atoms with Crippen molar-refractivity contribution in [1.29, 1.82) is 0 Å². The molecule has 0 aliphatic carbocycles. The Labute approximate surface area is 176 Å². The van der Waals surface area contributed by atoms with E-state index in [0.29, 0.717) is 22.6 Å². The second kappa shape index (κ2) is 11.3. The average Bonchev–Trinajstić information content (AvgIpc) is 2.76. The van der Waals surface area contributed by atoms with E-state index in [9.17, 15) is 9.59 Å². The molecule has 0 aliphatic rings. The molecule has 2 rings (SSSR count). The summed E-state index contributed by atoms with van der Waals surface area (Å²) < 4.78 is 10.7. The lowest BCUT2D eigenvalue weighted by molar-refractivity contribution is -0.123. The Bertz CT molecular complexity index is 933. The van der Waals surface area contributed by atoms with Crippen LogP contribution in [0.5, 0.6) is 11.5 Å². The third kappa shape index (κ3) is 6.38. The van der Waals surface area contributed by atoms with Crippen LogP contribution in [0.1, 0.15) is 29.8 Å². The lowest BCUT2D eigenvalue weighted by Gasteiger charge is -2.20. The number of rotatable bonds is 9. The summed E-state index contributed by atoms with van der Waals surface area (Å²) in [4.78, 5) is 24.9. The van der Waals surface area contributed by atoms with E-state index in [1.165, 1.54) is 13.3 Å². The number of carbonyl (C=O) groups is 2. The van der Waals surface area contributed by atoms with E-state index in [1.807, 2.05) is 19.9 Å². The van der Waals surface area contributed by atoms with E-state index >= 15 is 0 Å². The van der Waals surface area contributed by atoms with Crippen LogP contribution in [0.4, 0.5) is 0 Å². The first-order valence-electron chi connectivity index (χ1n) is 9.39. The molecule has 2 N–H and O–H groups in total. The van der Waals surface area contributed by atoms with E-state index in [-0.39, 0.29) is 18.4 Å². The van der Waals surface area contributed by atoms with Crippen LogP contribution in [0, 0.1) is 18.3 Å². The van der Waals surface area contributed by atoms with E-state index in [4.69, 9.17) is 15.9 Å². The molecular formula is C23H25N3O4. The van der Waals surface area contributed by atoms with Crippen molar-refractivity contribution >= 4 is 18.0 Å². The summed E-state index contributed by atoms with van der Waals surface area (Å²) >= 11 is 0. The number of nitrogens with zero attached hydrogens (tertiary/aromatic N) is 1. The molecule has 0 saturated heterocycles. The van der Waals surface area contributed by atoms with E-state index in [0.717, 1.165) is 0 Å². The van der Waals surface area contributed by atoms with Gasteiger partial charge in [0.1, 0.15) is 12.6 Å². The van der Waals surface area contributed by atoms with Gasteiger partial charge in [-0.2, -0.15) is 5.10 Å². The van der Waals surface area contributed by atoms with Crippen molar-refractivity contribution in [3.05, 3.63) is 59.7 Å². The van der Waals surface area contributed by atoms with Gasteiger partial charge in [0.2, 0.25) is 0 Å². The number of hydrogen-bond acceptors (Lipinski definition) is 5. The Hall–Kier alpha value is -3.79. The molecule has 0 spiro atoms. The summed E-state index contributed by atoms with van der Waals surface area (Å²) in [6.45, 7) is 3.82. The minimum absolute atomic E-state index is 0.124. The van der Waals surface area contributed by atoms with Crippen molar-refractivity contribution in [3.63, 3.8) is 0 Å². The SMILES string of the molecule is C#CCOc1ccc(/C=N/NC(=O)C(NC(=O)c2ccccc2)C(C)C)cc1OC. The fourth-order valence-electron chi connectivity index (χ4n) is 2.59. The van der Waals surface area contributed by atoms with Crippen LogP contribution in [0.15, 0.2) is 53.6 Å². The van der Waals surface area contributed by atoms with Crippen LogP contribution in [0.2, 0.25) is 0 Å². The first-order chi connectivity index (χ1) is 14.5. The van der Waals surface area contributed by atoms with Gasteiger partial charge in [-0.25, -0.2) is 5.43 Å². The van der Waals surface area contributed by atoms with Crippen molar-refractivity contribution in [2.45, 2.75) is 19.9 Å². The van der Waals surface area contributed by atoms with E-state index in [2.05, 4.69) is 21.8 Å². The van der Waals surface area contributed by atoms with Crippen LogP contribution in [-0.2, 0) is 4.79 Å². The number of hydrazone groups is 1. The normalized spacial score (nSPS) is 11.6. The van der Waals surface area contributed by atoms with Crippen molar-refractivity contribution in [2.75, 3.05) is 13.7 Å². The summed E-state index contributed by atoms with van der Waals surface area (Å²) in [5, 5.41) is 6.74. The van der Waals surface area contributed by atoms with Gasteiger partial charge in [0.25, 0.3) is 11.8 Å². The molecule has 0 aliphatic heterocycles. The Kier molecular flexibility index (Phi) is 8.45. The third-order valence-corrected chi connectivity index (χ3v) is 4.16. The van der Waals surface area contributed by atoms with E-state index in [1.54, 1.807) is 42.5 Å². The molecule has 0 aromatic heterocycles. The maximum absolute atomic E-state index is 12.5. The van der Waals surface area contributed by atoms with Crippen molar-refractivity contribution in [2.24, 2.45) is 11.0 Å². The molecule has 156 valence electrons. The highest BCUT2D eigenvalue weighted by Gasteiger charge is 2.24. The topological polar surface area (TPSA) is 89.0 Å². The Morgan fingerprint density at radius 1 is 1.17 bits per heavy atom. The largest absolute Gasteiger partial charge is 0.493 e. The molecule has 7 heteroatoms. The van der Waals surface area contributed by atoms with Gasteiger partial charge in [0.05, 0.1) is 13.3 Å². The van der Waals surface area contributed by atoms with Crippen molar-refractivity contribution in [1.82, 2.24) is 10.7 Å². The smallest absolute Gasteiger partial charge is 0.262 e. The van der Waals surface area contributed by atoms with Crippen LogP contribution >= 0.6 is 0 Å². The standard InChI is InChI=1S/C23H25N3O4/c1-5-13-30-19-12-11-17(14-20(19)29-4)15-24-26-23(28)21(16(2)3)25-22(27)18-9-7-6-8-10-18/h1,6-12,14-16,21H,13H2,2-4H3,(H,25,27)(H,26,28)/b24-15+. The maximum Gasteiger partial charge on any atom is 0.262 e. The Morgan fingerprint density at radius 3 is 2.53 bits per heavy atom. The molecule has 0 saturated carbocycles. The summed E-state index contributed by atoms with van der Waals surface area (Å²) in [7, 11) is 1.52. The quantitative estimate of drug-likeness (QED) is 0.380. The predicted octanol–water partition coefficient (Wildman–Crippen LogP) is 2.61. The average molecular weight is 407 g/mol. The van der Waals surface area contributed by atoms with Crippen molar-refractivity contribution in [3.8, 4) is 23.8 Å². The molecule has 0 radical (unpaired) electrons. The number of amides is 2. The highest BCUT2D eigenvalue weighted by Crippen LogP contribution is 2.27. The first kappa shape index (κ1) is 22.5. The summed E-state index contributed by atoms with van der Waals surface area (Å²) in [5.74, 6) is 2.55. The molecule has 1 unspecified atom stereocenters. The van der Waals surface area contributed by atoms with Crippen LogP contribution in [0.3, 0.4) is 0 Å². The minimum atomic E-state index is -0.732. The highest BCUT2D eigenvalue weighted by molar-refractivity contribution is 5.97. The van der Waals surface area contributed by atoms with Crippen molar-refractivity contribution < 1.29 is 19.1 Å². The number of terminal acetylenes is 1. The third-order valence-electron chi connectivity index (χ3n) is 4.16. The summed E-state index contributed by atoms with van der Waals surface area (Å²) in [6.07, 6.45) is 6.67. The van der Waals surface area contributed by atoms with Gasteiger partial charge in [-0.15, -0.1) is 6.42 Å². The van der Waals surface area contributed by atoms with Gasteiger partial charge in [-0.05, 0) is 41.8 Å². The van der Waals surface area contributed by atoms with Crippen LogP contribution < -0.4 is 20.2 Å². The number of ether oxygens (including phenoxy) is 2. The zero-order chi connectivity index (χ0) is 21.9. The van der Waals surface area contributed by atoms with Gasteiger partial charge in [-0.1, -0.05) is 38.0 Å². The van der Waals surface area contributed by atoms with Crippen LogP contribution in [-0.4, -0.2) is 37.8 Å². The molecule has 7 nitrogen and oxygen atoms in total. The Balaban J connectivity index is 2.02. The molecule has 2 amide bonds. The first-order valence-corrected chi connectivity index (χ1v) is 9.39. The molecule has 0 heterocycles. The molecule has 30 heavy (non-hydrogen) atoms. The lowest BCUT2D eigenvalue weighted by atomic mass is 10.0. The lowest BCUT2D eigenvalue weighted by Crippen LogP contribution is -2.48. The number of benzene rings is 2. The predicted molar refractivity (Wildman–Crippen MR) is 116 cm³/mol. The maximum atomic E-state index is 12.5. The van der Waals surface area contributed by atoms with Crippen LogP contribution in [0.25, 0.3) is 0 Å². The van der Waals surface area contributed by atoms with E-state index < -0.39 is 11.9 Å². The molecule has 2 aromatic carbocycles. The zero-order valence-electron chi connectivity index (χ0n) is 17.2. The monoisotopic (exact) mass is 407 g/mol. The molecule has 0 bridgehead atoms. The number of nitrogens with one attached hydrogen (secondary N) is 2. The second-order valence-corrected chi connectivity index (χ2v) is 6.70. The number of hydrogen-bond donors (Lipinski definition) is 2. The Morgan fingerprint density at radius 2 is 1.90 bits per heavy atom. The minimum Gasteiger partial charge on any atom is -0.493 e. The number of methoxy groups -OCH3 is 1. The molecule has 1 atom stereocenters. The zero-order valence-corrected chi connectivity index (χ0v) is 17.2. The molecule has 0 fully saturated rings. The van der Waals surface area contributed by atoms with Gasteiger partial charge in [-0.3, -0.25) is 9.59 Å². The second-order valence-electron chi connectivity index (χ2n) is 6.70. The number of carbonyl (C=O) groups excluding carboxylic acids is 2. The summed E-state index contributed by atoms with van der Waals surface area (Å²) in [5.41, 5.74) is 3.65. The fourth-order valence-corrected chi connectivity index (χ4v) is 2.59. The van der Waals surface area contributed by atoms with Gasteiger partial charge in [0.15, 0.2) is 11.5 Å². The highest BCUT2D eigenvalue weighted by atomic mass is 16.5. The van der Waals surface area contributed by atoms with Gasteiger partial charge >= 0.3 is 0 Å². The molecule has 2 aromatic rings. The summed E-state index contributed by atoms with van der Waals surface area (Å²) in [6, 6.07) is 13.2.